The van der Waals surface area contributed by atoms with E-state index in [9.17, 15) is 14.4 Å². The minimum absolute atomic E-state index is 0.126. The number of nitrogens with one attached hydrogen (secondary N) is 2. The van der Waals surface area contributed by atoms with Crippen LogP contribution in [0.4, 0.5) is 5.00 Å². The number of anilines is 1. The van der Waals surface area contributed by atoms with E-state index in [1.807, 2.05) is 13.8 Å². The van der Waals surface area contributed by atoms with Crippen LogP contribution in [0.2, 0.25) is 0 Å². The highest BCUT2D eigenvalue weighted by atomic mass is 32.1. The predicted molar refractivity (Wildman–Crippen MR) is 79.5 cm³/mol. The maximum Gasteiger partial charge on any atom is 0.341 e. The monoisotopic (exact) mass is 310 g/mol. The van der Waals surface area contributed by atoms with Crippen LogP contribution >= 0.6 is 11.3 Å². The van der Waals surface area contributed by atoms with Crippen LogP contribution < -0.4 is 10.6 Å². The highest BCUT2D eigenvalue weighted by Crippen LogP contribution is 2.33. The number of hydrogen-bond donors (Lipinski definition) is 2. The van der Waals surface area contributed by atoms with Gasteiger partial charge in [-0.25, -0.2) is 4.79 Å². The van der Waals surface area contributed by atoms with Gasteiger partial charge in [-0.2, -0.15) is 0 Å². The van der Waals surface area contributed by atoms with Crippen LogP contribution in [0.25, 0.3) is 0 Å². The molecule has 0 bridgehead atoms. The topological polar surface area (TPSA) is 84.5 Å². The molecule has 0 aliphatic carbocycles. The standard InChI is InChI=1S/C14H18N2O4S/c1-4-20-14(19)11-7(2)8(3)21-13(11)16-12(18)9-5-6-10(17)15-9/h9H,4-6H2,1-3H3,(H,15,17)(H,16,18). The second kappa shape index (κ2) is 6.26. The second-order valence-corrected chi connectivity index (χ2v) is 6.08. The first kappa shape index (κ1) is 15.5. The third-order valence-corrected chi connectivity index (χ3v) is 4.54. The molecule has 0 radical (unpaired) electrons. The molecule has 0 saturated carbocycles. The van der Waals surface area contributed by atoms with Crippen molar-refractivity contribution in [2.75, 3.05) is 11.9 Å². The van der Waals surface area contributed by atoms with Crippen LogP contribution in [0.3, 0.4) is 0 Å². The summed E-state index contributed by atoms with van der Waals surface area (Å²) in [5.74, 6) is -0.864. The molecule has 1 aromatic rings. The van der Waals surface area contributed by atoms with E-state index in [1.54, 1.807) is 6.92 Å². The van der Waals surface area contributed by atoms with Crippen molar-refractivity contribution < 1.29 is 19.1 Å². The number of amides is 2. The average Bonchev–Trinajstić information content (AvgIpc) is 2.95. The third-order valence-electron chi connectivity index (χ3n) is 3.41. The minimum Gasteiger partial charge on any atom is -0.462 e. The fourth-order valence-corrected chi connectivity index (χ4v) is 3.23. The van der Waals surface area contributed by atoms with Gasteiger partial charge in [-0.3, -0.25) is 9.59 Å². The number of rotatable bonds is 4. The molecule has 1 aromatic heterocycles. The van der Waals surface area contributed by atoms with Crippen LogP contribution in [-0.4, -0.2) is 30.4 Å². The maximum absolute atomic E-state index is 12.1. The molecule has 0 spiro atoms. The Kier molecular flexibility index (Phi) is 4.62. The summed E-state index contributed by atoms with van der Waals surface area (Å²) >= 11 is 1.34. The van der Waals surface area contributed by atoms with Crippen molar-refractivity contribution in [3.05, 3.63) is 16.0 Å². The maximum atomic E-state index is 12.1. The number of aryl methyl sites for hydroxylation is 1. The van der Waals surface area contributed by atoms with E-state index in [4.69, 9.17) is 4.74 Å². The summed E-state index contributed by atoms with van der Waals surface area (Å²) in [5.41, 5.74) is 1.21. The van der Waals surface area contributed by atoms with Gasteiger partial charge >= 0.3 is 5.97 Å². The zero-order valence-electron chi connectivity index (χ0n) is 12.2. The van der Waals surface area contributed by atoms with Gasteiger partial charge in [0.05, 0.1) is 12.2 Å². The zero-order chi connectivity index (χ0) is 15.6. The van der Waals surface area contributed by atoms with Crippen molar-refractivity contribution in [2.45, 2.75) is 39.7 Å². The smallest absolute Gasteiger partial charge is 0.341 e. The molecule has 7 heteroatoms. The second-order valence-electron chi connectivity index (χ2n) is 4.86. The zero-order valence-corrected chi connectivity index (χ0v) is 13.1. The molecule has 1 fully saturated rings. The molecule has 1 unspecified atom stereocenters. The van der Waals surface area contributed by atoms with Gasteiger partial charge in [-0.1, -0.05) is 0 Å². The van der Waals surface area contributed by atoms with E-state index < -0.39 is 12.0 Å². The van der Waals surface area contributed by atoms with Crippen molar-refractivity contribution in [2.24, 2.45) is 0 Å². The van der Waals surface area contributed by atoms with Crippen LogP contribution in [0.5, 0.6) is 0 Å². The van der Waals surface area contributed by atoms with Gasteiger partial charge in [0.15, 0.2) is 0 Å². The number of esters is 1. The Morgan fingerprint density at radius 2 is 2.14 bits per heavy atom. The lowest BCUT2D eigenvalue weighted by molar-refractivity contribution is -0.122. The highest BCUT2D eigenvalue weighted by Gasteiger charge is 2.29. The van der Waals surface area contributed by atoms with Gasteiger partial charge in [0, 0.05) is 11.3 Å². The van der Waals surface area contributed by atoms with Crippen LogP contribution in [0, 0.1) is 13.8 Å². The van der Waals surface area contributed by atoms with Crippen LogP contribution in [0.1, 0.15) is 40.6 Å². The molecule has 21 heavy (non-hydrogen) atoms. The molecular weight excluding hydrogens is 292 g/mol. The Hall–Kier alpha value is -1.89. The van der Waals surface area contributed by atoms with Crippen molar-refractivity contribution in [1.82, 2.24) is 5.32 Å². The van der Waals surface area contributed by atoms with Gasteiger partial charge in [-0.05, 0) is 32.8 Å². The molecule has 114 valence electrons. The first-order valence-corrected chi connectivity index (χ1v) is 7.63. The molecule has 1 aliphatic rings. The molecule has 6 nitrogen and oxygen atoms in total. The number of hydrogen-bond acceptors (Lipinski definition) is 5. The number of thiophene rings is 1. The Bertz CT molecular complexity index is 594. The lowest BCUT2D eigenvalue weighted by Gasteiger charge is -2.11. The fraction of sp³-hybridized carbons (Fsp3) is 0.500. The van der Waals surface area contributed by atoms with E-state index >= 15 is 0 Å². The summed E-state index contributed by atoms with van der Waals surface area (Å²) in [6, 6.07) is -0.532. The Morgan fingerprint density at radius 1 is 1.43 bits per heavy atom. The van der Waals surface area contributed by atoms with Crippen molar-refractivity contribution >= 4 is 34.1 Å². The quantitative estimate of drug-likeness (QED) is 0.830. The molecule has 0 aromatic carbocycles. The number of carbonyl (C=O) groups excluding carboxylic acids is 3. The Labute approximate surface area is 126 Å². The molecule has 2 rings (SSSR count). The summed E-state index contributed by atoms with van der Waals surface area (Å²) in [5, 5.41) is 5.83. The summed E-state index contributed by atoms with van der Waals surface area (Å²) in [6.45, 7) is 5.72. The first-order chi connectivity index (χ1) is 9.93. The van der Waals surface area contributed by atoms with Crippen LogP contribution in [-0.2, 0) is 14.3 Å². The molecule has 1 saturated heterocycles. The first-order valence-electron chi connectivity index (χ1n) is 6.81. The average molecular weight is 310 g/mol. The van der Waals surface area contributed by atoms with Gasteiger partial charge < -0.3 is 15.4 Å². The van der Waals surface area contributed by atoms with Crippen molar-refractivity contribution in [1.29, 1.82) is 0 Å². The Balaban J connectivity index is 2.19. The van der Waals surface area contributed by atoms with Gasteiger partial charge in [-0.15, -0.1) is 11.3 Å². The van der Waals surface area contributed by atoms with E-state index in [2.05, 4.69) is 10.6 Å². The lowest BCUT2D eigenvalue weighted by Crippen LogP contribution is -2.37. The molecule has 2 N–H and O–H groups in total. The van der Waals surface area contributed by atoms with Gasteiger partial charge in [0.1, 0.15) is 11.0 Å². The molecule has 1 aliphatic heterocycles. The molecular formula is C14H18N2O4S. The molecule has 1 atom stereocenters. The van der Waals surface area contributed by atoms with E-state index in [0.717, 1.165) is 10.4 Å². The summed E-state index contributed by atoms with van der Waals surface area (Å²) in [6.07, 6.45) is 0.827. The third kappa shape index (κ3) is 3.24. The minimum atomic E-state index is -0.532. The van der Waals surface area contributed by atoms with E-state index in [0.29, 0.717) is 23.4 Å². The SMILES string of the molecule is CCOC(=O)c1c(NC(=O)C2CCC(=O)N2)sc(C)c1C. The summed E-state index contributed by atoms with van der Waals surface area (Å²) in [7, 11) is 0. The van der Waals surface area contributed by atoms with E-state index in [-0.39, 0.29) is 18.4 Å². The lowest BCUT2D eigenvalue weighted by atomic mass is 10.1. The van der Waals surface area contributed by atoms with Gasteiger partial charge in [0.25, 0.3) is 0 Å². The predicted octanol–water partition coefficient (Wildman–Crippen LogP) is 1.76. The number of carbonyl (C=O) groups is 3. The Morgan fingerprint density at radius 3 is 2.71 bits per heavy atom. The van der Waals surface area contributed by atoms with Crippen LogP contribution in [0.15, 0.2) is 0 Å². The summed E-state index contributed by atoms with van der Waals surface area (Å²) < 4.78 is 5.03. The van der Waals surface area contributed by atoms with Crippen molar-refractivity contribution in [3.8, 4) is 0 Å². The number of ether oxygens (including phenoxy) is 1. The fourth-order valence-electron chi connectivity index (χ4n) is 2.17. The highest BCUT2D eigenvalue weighted by molar-refractivity contribution is 7.16. The normalized spacial score (nSPS) is 17.5. The van der Waals surface area contributed by atoms with Crippen molar-refractivity contribution in [3.63, 3.8) is 0 Å². The van der Waals surface area contributed by atoms with Gasteiger partial charge in [0.2, 0.25) is 11.8 Å². The summed E-state index contributed by atoms with van der Waals surface area (Å²) in [4.78, 5) is 36.3. The molecule has 2 heterocycles. The molecule has 2 amide bonds. The largest absolute Gasteiger partial charge is 0.462 e. The van der Waals surface area contributed by atoms with E-state index in [1.165, 1.54) is 11.3 Å².